The van der Waals surface area contributed by atoms with Gasteiger partial charge in [-0.2, -0.15) is 0 Å². The molecule has 7 heteroatoms. The summed E-state index contributed by atoms with van der Waals surface area (Å²) in [5.41, 5.74) is 1.80. The minimum Gasteiger partial charge on any atom is -0.444 e. The maximum atomic E-state index is 5.74. The molecule has 0 bridgehead atoms. The molecule has 0 spiro atoms. The smallest absolute Gasteiger partial charge is 0.226 e. The van der Waals surface area contributed by atoms with E-state index in [0.29, 0.717) is 12.4 Å². The summed E-state index contributed by atoms with van der Waals surface area (Å²) in [6.07, 6.45) is 3.84. The van der Waals surface area contributed by atoms with Gasteiger partial charge in [0.25, 0.3) is 0 Å². The molecule has 1 fully saturated rings. The van der Waals surface area contributed by atoms with E-state index in [1.165, 1.54) is 0 Å². The molecule has 1 atom stereocenters. The van der Waals surface area contributed by atoms with Crippen LogP contribution in [-0.2, 0) is 16.0 Å². The lowest BCUT2D eigenvalue weighted by Gasteiger charge is -2.12. The fraction of sp³-hybridized carbons (Fsp3) is 0.474. The predicted octanol–water partition coefficient (Wildman–Crippen LogP) is 2.20. The molecule has 2 N–H and O–H groups in total. The standard InChI is InChI=1S/C19H26N4O3/c1-20-19(21-9-5-10-25-17-8-11-24-14-17)22-12-16-13-26-18(23-16)15-6-3-2-4-7-15/h2-4,6-7,13,17H,5,8-12,14H2,1H3,(H2,20,21,22). The molecular formula is C19H26N4O3. The number of nitrogens with one attached hydrogen (secondary N) is 2. The van der Waals surface area contributed by atoms with Crippen molar-refractivity contribution in [2.24, 2.45) is 4.99 Å². The van der Waals surface area contributed by atoms with Crippen molar-refractivity contribution in [2.45, 2.75) is 25.5 Å². The molecule has 1 unspecified atom stereocenters. The number of oxazole rings is 1. The molecule has 0 aliphatic carbocycles. The molecule has 1 aromatic heterocycles. The van der Waals surface area contributed by atoms with Gasteiger partial charge < -0.3 is 24.5 Å². The average molecular weight is 358 g/mol. The van der Waals surface area contributed by atoms with Crippen molar-refractivity contribution in [1.82, 2.24) is 15.6 Å². The Kier molecular flexibility index (Phi) is 7.04. The van der Waals surface area contributed by atoms with Crippen LogP contribution in [0.4, 0.5) is 0 Å². The van der Waals surface area contributed by atoms with E-state index >= 15 is 0 Å². The second-order valence-corrected chi connectivity index (χ2v) is 6.07. The summed E-state index contributed by atoms with van der Waals surface area (Å²) in [7, 11) is 1.75. The monoisotopic (exact) mass is 358 g/mol. The van der Waals surface area contributed by atoms with E-state index in [0.717, 1.165) is 56.4 Å². The number of hydrogen-bond acceptors (Lipinski definition) is 5. The number of benzene rings is 1. The van der Waals surface area contributed by atoms with Crippen LogP contribution in [0.1, 0.15) is 18.5 Å². The fourth-order valence-electron chi connectivity index (χ4n) is 2.67. The number of ether oxygens (including phenoxy) is 2. The largest absolute Gasteiger partial charge is 0.444 e. The van der Waals surface area contributed by atoms with Crippen molar-refractivity contribution in [3.8, 4) is 11.5 Å². The summed E-state index contributed by atoms with van der Waals surface area (Å²) in [6, 6.07) is 9.85. The first-order valence-corrected chi connectivity index (χ1v) is 8.99. The van der Waals surface area contributed by atoms with E-state index in [9.17, 15) is 0 Å². The maximum Gasteiger partial charge on any atom is 0.226 e. The van der Waals surface area contributed by atoms with Crippen molar-refractivity contribution in [1.29, 1.82) is 0 Å². The minimum absolute atomic E-state index is 0.262. The van der Waals surface area contributed by atoms with Crippen molar-refractivity contribution < 1.29 is 13.9 Å². The fourth-order valence-corrected chi connectivity index (χ4v) is 2.67. The zero-order valence-electron chi connectivity index (χ0n) is 15.1. The number of nitrogens with zero attached hydrogens (tertiary/aromatic N) is 2. The molecule has 1 aliphatic rings. The van der Waals surface area contributed by atoms with E-state index in [-0.39, 0.29) is 6.10 Å². The van der Waals surface area contributed by atoms with Crippen LogP contribution >= 0.6 is 0 Å². The molecule has 3 rings (SSSR count). The molecule has 2 heterocycles. The topological polar surface area (TPSA) is 80.9 Å². The van der Waals surface area contributed by atoms with Gasteiger partial charge in [-0.3, -0.25) is 4.99 Å². The molecule has 140 valence electrons. The molecule has 1 aliphatic heterocycles. The quantitative estimate of drug-likeness (QED) is 0.428. The molecule has 0 radical (unpaired) electrons. The Morgan fingerprint density at radius 2 is 2.19 bits per heavy atom. The lowest BCUT2D eigenvalue weighted by molar-refractivity contribution is 0.0420. The van der Waals surface area contributed by atoms with Gasteiger partial charge in [0, 0.05) is 32.4 Å². The number of aliphatic imine (C=N–C) groups is 1. The number of guanidine groups is 1. The molecule has 0 saturated carbocycles. The van der Waals surface area contributed by atoms with Crippen molar-refractivity contribution in [3.63, 3.8) is 0 Å². The first-order chi connectivity index (χ1) is 12.8. The van der Waals surface area contributed by atoms with E-state index in [1.807, 2.05) is 30.3 Å². The Bertz CT molecular complexity index is 681. The third-order valence-electron chi connectivity index (χ3n) is 4.09. The van der Waals surface area contributed by atoms with Crippen LogP contribution in [-0.4, -0.2) is 50.5 Å². The normalized spacial score (nSPS) is 17.4. The SMILES string of the molecule is CN=C(NCCCOC1CCOC1)NCc1coc(-c2ccccc2)n1. The van der Waals surface area contributed by atoms with Crippen LogP contribution in [0, 0.1) is 0 Å². The summed E-state index contributed by atoms with van der Waals surface area (Å²) in [5.74, 6) is 1.36. The molecule has 7 nitrogen and oxygen atoms in total. The van der Waals surface area contributed by atoms with Crippen LogP contribution < -0.4 is 10.6 Å². The van der Waals surface area contributed by atoms with Gasteiger partial charge in [0.2, 0.25) is 5.89 Å². The van der Waals surface area contributed by atoms with Gasteiger partial charge in [0.1, 0.15) is 6.26 Å². The average Bonchev–Trinajstić information content (AvgIpc) is 3.36. The predicted molar refractivity (Wildman–Crippen MR) is 99.9 cm³/mol. The van der Waals surface area contributed by atoms with E-state index < -0.39 is 0 Å². The summed E-state index contributed by atoms with van der Waals surface area (Å²) in [6.45, 7) is 3.60. The summed E-state index contributed by atoms with van der Waals surface area (Å²) < 4.78 is 16.6. The number of rotatable bonds is 8. The van der Waals surface area contributed by atoms with Crippen LogP contribution in [0.3, 0.4) is 0 Å². The Balaban J connectivity index is 1.35. The highest BCUT2D eigenvalue weighted by Gasteiger charge is 2.15. The first-order valence-electron chi connectivity index (χ1n) is 8.99. The van der Waals surface area contributed by atoms with Crippen LogP contribution in [0.15, 0.2) is 46.0 Å². The van der Waals surface area contributed by atoms with Crippen LogP contribution in [0.5, 0.6) is 0 Å². The van der Waals surface area contributed by atoms with Crippen LogP contribution in [0.2, 0.25) is 0 Å². The molecule has 0 amide bonds. The van der Waals surface area contributed by atoms with Gasteiger partial charge in [-0.1, -0.05) is 18.2 Å². The van der Waals surface area contributed by atoms with E-state index in [4.69, 9.17) is 13.9 Å². The van der Waals surface area contributed by atoms with E-state index in [1.54, 1.807) is 13.3 Å². The molecule has 1 saturated heterocycles. The first kappa shape index (κ1) is 18.4. The molecular weight excluding hydrogens is 332 g/mol. The minimum atomic E-state index is 0.262. The zero-order valence-corrected chi connectivity index (χ0v) is 15.1. The highest BCUT2D eigenvalue weighted by atomic mass is 16.5. The molecule has 2 aromatic rings. The Hall–Kier alpha value is -2.38. The highest BCUT2D eigenvalue weighted by Crippen LogP contribution is 2.17. The van der Waals surface area contributed by atoms with Crippen molar-refractivity contribution >= 4 is 5.96 Å². The number of hydrogen-bond donors (Lipinski definition) is 2. The van der Waals surface area contributed by atoms with Gasteiger partial charge in [-0.05, 0) is 25.0 Å². The second kappa shape index (κ2) is 9.94. The van der Waals surface area contributed by atoms with Gasteiger partial charge in [-0.25, -0.2) is 4.98 Å². The summed E-state index contributed by atoms with van der Waals surface area (Å²) >= 11 is 0. The van der Waals surface area contributed by atoms with Crippen molar-refractivity contribution in [3.05, 3.63) is 42.3 Å². The molecule has 26 heavy (non-hydrogen) atoms. The van der Waals surface area contributed by atoms with Crippen molar-refractivity contribution in [2.75, 3.05) is 33.4 Å². The van der Waals surface area contributed by atoms with Gasteiger partial charge >= 0.3 is 0 Å². The van der Waals surface area contributed by atoms with E-state index in [2.05, 4.69) is 20.6 Å². The van der Waals surface area contributed by atoms with Gasteiger partial charge in [0.05, 0.1) is 24.9 Å². The third-order valence-corrected chi connectivity index (χ3v) is 4.09. The maximum absolute atomic E-state index is 5.74. The lowest BCUT2D eigenvalue weighted by Crippen LogP contribution is -2.37. The molecule has 1 aromatic carbocycles. The Labute approximate surface area is 153 Å². The van der Waals surface area contributed by atoms with Gasteiger partial charge in [0.15, 0.2) is 5.96 Å². The van der Waals surface area contributed by atoms with Crippen LogP contribution in [0.25, 0.3) is 11.5 Å². The zero-order chi connectivity index (χ0) is 18.0. The highest BCUT2D eigenvalue weighted by molar-refractivity contribution is 5.79. The third kappa shape index (κ3) is 5.57. The van der Waals surface area contributed by atoms with Gasteiger partial charge in [-0.15, -0.1) is 0 Å². The summed E-state index contributed by atoms with van der Waals surface area (Å²) in [4.78, 5) is 8.72. The lowest BCUT2D eigenvalue weighted by atomic mass is 10.2. The second-order valence-electron chi connectivity index (χ2n) is 6.07. The Morgan fingerprint density at radius 3 is 2.96 bits per heavy atom. The Morgan fingerprint density at radius 1 is 1.31 bits per heavy atom. The summed E-state index contributed by atoms with van der Waals surface area (Å²) in [5, 5.41) is 6.51. The number of aromatic nitrogens is 1.